The van der Waals surface area contributed by atoms with Crippen LogP contribution in [0.1, 0.15) is 18.4 Å². The Morgan fingerprint density at radius 2 is 1.87 bits per heavy atom. The Bertz CT molecular complexity index is 286. The van der Waals surface area contributed by atoms with Gasteiger partial charge in [-0.2, -0.15) is 0 Å². The maximum atomic E-state index is 5.35. The van der Waals surface area contributed by atoms with Gasteiger partial charge in [-0.15, -0.1) is 0 Å². The zero-order valence-corrected chi connectivity index (χ0v) is 9.24. The first-order valence-corrected chi connectivity index (χ1v) is 5.59. The van der Waals surface area contributed by atoms with E-state index in [0.717, 1.165) is 24.9 Å². The molecule has 0 aromatic heterocycles. The summed E-state index contributed by atoms with van der Waals surface area (Å²) in [6.45, 7) is 1.86. The number of rotatable bonds is 3. The van der Waals surface area contributed by atoms with Crippen molar-refractivity contribution in [1.82, 2.24) is 0 Å². The molecule has 0 unspecified atom stereocenters. The Hall–Kier alpha value is -1.02. The first-order valence-electron chi connectivity index (χ1n) is 5.59. The molecule has 0 aliphatic carbocycles. The summed E-state index contributed by atoms with van der Waals surface area (Å²) < 4.78 is 10.5. The summed E-state index contributed by atoms with van der Waals surface area (Å²) in [4.78, 5) is 0. The van der Waals surface area contributed by atoms with E-state index in [0.29, 0.717) is 0 Å². The van der Waals surface area contributed by atoms with Gasteiger partial charge < -0.3 is 9.47 Å². The van der Waals surface area contributed by atoms with Gasteiger partial charge in [-0.1, -0.05) is 12.1 Å². The standard InChI is InChI=1S/C13H18O2/c1-14-13-4-2-11(3-5-13)10-12-6-8-15-9-7-12/h2-5,12H,6-10H2,1H3. The Morgan fingerprint density at radius 1 is 1.20 bits per heavy atom. The van der Waals surface area contributed by atoms with Crippen molar-refractivity contribution in [1.29, 1.82) is 0 Å². The van der Waals surface area contributed by atoms with E-state index in [1.54, 1.807) is 7.11 Å². The number of benzene rings is 1. The highest BCUT2D eigenvalue weighted by Crippen LogP contribution is 2.21. The fourth-order valence-corrected chi connectivity index (χ4v) is 2.05. The molecule has 1 fully saturated rings. The quantitative estimate of drug-likeness (QED) is 0.757. The molecule has 1 aliphatic heterocycles. The van der Waals surface area contributed by atoms with E-state index in [1.165, 1.54) is 24.8 Å². The highest BCUT2D eigenvalue weighted by molar-refractivity contribution is 5.27. The third-order valence-corrected chi connectivity index (χ3v) is 3.02. The topological polar surface area (TPSA) is 18.5 Å². The van der Waals surface area contributed by atoms with Crippen LogP contribution in [0, 0.1) is 5.92 Å². The minimum atomic E-state index is 0.798. The van der Waals surface area contributed by atoms with E-state index in [1.807, 2.05) is 12.1 Å². The van der Waals surface area contributed by atoms with Gasteiger partial charge >= 0.3 is 0 Å². The van der Waals surface area contributed by atoms with Crippen LogP contribution in [0.4, 0.5) is 0 Å². The number of hydrogen-bond donors (Lipinski definition) is 0. The first kappa shape index (κ1) is 10.5. The molecule has 0 bridgehead atoms. The summed E-state index contributed by atoms with van der Waals surface area (Å²) in [5, 5.41) is 0. The minimum Gasteiger partial charge on any atom is -0.497 e. The predicted molar refractivity (Wildman–Crippen MR) is 60.2 cm³/mol. The molecule has 0 spiro atoms. The van der Waals surface area contributed by atoms with E-state index in [9.17, 15) is 0 Å². The lowest BCUT2D eigenvalue weighted by atomic mass is 9.92. The second-order valence-corrected chi connectivity index (χ2v) is 4.11. The van der Waals surface area contributed by atoms with Crippen LogP contribution in [0.25, 0.3) is 0 Å². The molecule has 1 heterocycles. The predicted octanol–water partition coefficient (Wildman–Crippen LogP) is 2.66. The molecule has 0 amide bonds. The van der Waals surface area contributed by atoms with Gasteiger partial charge in [-0.3, -0.25) is 0 Å². The minimum absolute atomic E-state index is 0.798. The average Bonchev–Trinajstić information content (AvgIpc) is 2.31. The number of methoxy groups -OCH3 is 1. The largest absolute Gasteiger partial charge is 0.497 e. The van der Waals surface area contributed by atoms with Crippen molar-refractivity contribution in [3.63, 3.8) is 0 Å². The van der Waals surface area contributed by atoms with Gasteiger partial charge in [0.2, 0.25) is 0 Å². The molecule has 0 radical (unpaired) electrons. The fourth-order valence-electron chi connectivity index (χ4n) is 2.05. The second kappa shape index (κ2) is 5.17. The molecule has 0 saturated carbocycles. The van der Waals surface area contributed by atoms with E-state index >= 15 is 0 Å². The van der Waals surface area contributed by atoms with Gasteiger partial charge in [0.05, 0.1) is 7.11 Å². The lowest BCUT2D eigenvalue weighted by Crippen LogP contribution is -2.17. The van der Waals surface area contributed by atoms with Crippen LogP contribution in [0.2, 0.25) is 0 Å². The smallest absolute Gasteiger partial charge is 0.118 e. The zero-order valence-electron chi connectivity index (χ0n) is 9.24. The Labute approximate surface area is 91.2 Å². The summed E-state index contributed by atoms with van der Waals surface area (Å²) in [5.74, 6) is 1.73. The molecule has 1 aliphatic rings. The Kier molecular flexibility index (Phi) is 3.62. The van der Waals surface area contributed by atoms with Gasteiger partial charge in [-0.25, -0.2) is 0 Å². The fraction of sp³-hybridized carbons (Fsp3) is 0.538. The van der Waals surface area contributed by atoms with E-state index in [-0.39, 0.29) is 0 Å². The number of ether oxygens (including phenoxy) is 2. The normalized spacial score (nSPS) is 17.7. The van der Waals surface area contributed by atoms with Crippen LogP contribution in [-0.2, 0) is 11.2 Å². The molecule has 1 aromatic rings. The summed E-state index contributed by atoms with van der Waals surface area (Å²) >= 11 is 0. The van der Waals surface area contributed by atoms with Crippen molar-refractivity contribution < 1.29 is 9.47 Å². The molecular formula is C13H18O2. The van der Waals surface area contributed by atoms with Gasteiger partial charge in [0.1, 0.15) is 5.75 Å². The second-order valence-electron chi connectivity index (χ2n) is 4.11. The molecule has 2 nitrogen and oxygen atoms in total. The van der Waals surface area contributed by atoms with Crippen LogP contribution in [0.3, 0.4) is 0 Å². The summed E-state index contributed by atoms with van der Waals surface area (Å²) in [5.41, 5.74) is 1.41. The zero-order chi connectivity index (χ0) is 10.5. The van der Waals surface area contributed by atoms with Gasteiger partial charge in [0.25, 0.3) is 0 Å². The SMILES string of the molecule is COc1ccc(CC2CCOCC2)cc1. The molecule has 1 saturated heterocycles. The maximum Gasteiger partial charge on any atom is 0.118 e. The molecular weight excluding hydrogens is 188 g/mol. The van der Waals surface area contributed by atoms with Crippen molar-refractivity contribution >= 4 is 0 Å². The average molecular weight is 206 g/mol. The van der Waals surface area contributed by atoms with Crippen molar-refractivity contribution in [2.45, 2.75) is 19.3 Å². The lowest BCUT2D eigenvalue weighted by molar-refractivity contribution is 0.0665. The molecule has 1 aromatic carbocycles. The van der Waals surface area contributed by atoms with Crippen LogP contribution < -0.4 is 4.74 Å². The van der Waals surface area contributed by atoms with E-state index in [2.05, 4.69) is 12.1 Å². The number of hydrogen-bond acceptors (Lipinski definition) is 2. The van der Waals surface area contributed by atoms with Gasteiger partial charge in [0.15, 0.2) is 0 Å². The van der Waals surface area contributed by atoms with Crippen molar-refractivity contribution in [2.24, 2.45) is 5.92 Å². The monoisotopic (exact) mass is 206 g/mol. The highest BCUT2D eigenvalue weighted by atomic mass is 16.5. The van der Waals surface area contributed by atoms with Gasteiger partial charge in [-0.05, 0) is 42.9 Å². The van der Waals surface area contributed by atoms with Crippen molar-refractivity contribution in [3.05, 3.63) is 29.8 Å². The van der Waals surface area contributed by atoms with E-state index < -0.39 is 0 Å². The molecule has 0 atom stereocenters. The summed E-state index contributed by atoms with van der Waals surface area (Å²) in [6.07, 6.45) is 3.57. The molecule has 82 valence electrons. The first-order chi connectivity index (χ1) is 7.38. The van der Waals surface area contributed by atoms with Crippen LogP contribution >= 0.6 is 0 Å². The lowest BCUT2D eigenvalue weighted by Gasteiger charge is -2.21. The van der Waals surface area contributed by atoms with E-state index in [4.69, 9.17) is 9.47 Å². The summed E-state index contributed by atoms with van der Waals surface area (Å²) in [7, 11) is 1.70. The molecule has 2 heteroatoms. The molecule has 15 heavy (non-hydrogen) atoms. The van der Waals surface area contributed by atoms with Crippen LogP contribution in [0.5, 0.6) is 5.75 Å². The third-order valence-electron chi connectivity index (χ3n) is 3.02. The van der Waals surface area contributed by atoms with Gasteiger partial charge in [0, 0.05) is 13.2 Å². The Balaban J connectivity index is 1.91. The van der Waals surface area contributed by atoms with Crippen LogP contribution in [-0.4, -0.2) is 20.3 Å². The molecule has 2 rings (SSSR count). The van der Waals surface area contributed by atoms with Crippen molar-refractivity contribution in [2.75, 3.05) is 20.3 Å². The highest BCUT2D eigenvalue weighted by Gasteiger charge is 2.13. The third kappa shape index (κ3) is 2.96. The summed E-state index contributed by atoms with van der Waals surface area (Å²) in [6, 6.07) is 8.39. The Morgan fingerprint density at radius 3 is 2.47 bits per heavy atom. The van der Waals surface area contributed by atoms with Crippen molar-refractivity contribution in [3.8, 4) is 5.75 Å². The molecule has 0 N–H and O–H groups in total. The maximum absolute atomic E-state index is 5.35. The van der Waals surface area contributed by atoms with Crippen LogP contribution in [0.15, 0.2) is 24.3 Å².